The number of hydrogen-bond donors (Lipinski definition) is 0. The highest BCUT2D eigenvalue weighted by Crippen LogP contribution is 2.41. The number of nitrogens with zero attached hydrogens (tertiary/aromatic N) is 1. The molecule has 0 N–H and O–H groups in total. The Morgan fingerprint density at radius 1 is 1.30 bits per heavy atom. The van der Waals surface area contributed by atoms with Crippen LogP contribution in [0.1, 0.15) is 39.7 Å². The Hall–Kier alpha value is -1.13. The number of allylic oxidation sites excluding steroid dienone is 1. The summed E-state index contributed by atoms with van der Waals surface area (Å²) < 4.78 is 12.3. The molecule has 3 nitrogen and oxygen atoms in total. The summed E-state index contributed by atoms with van der Waals surface area (Å²) >= 11 is 0. The van der Waals surface area contributed by atoms with Gasteiger partial charge in [-0.25, -0.2) is 0 Å². The molecule has 4 heteroatoms. The summed E-state index contributed by atoms with van der Waals surface area (Å²) in [6.07, 6.45) is 7.39. The average molecular weight is 273 g/mol. The molecule has 0 aliphatic carbocycles. The molecule has 1 aromatic rings. The Morgan fingerprint density at radius 3 is 2.45 bits per heavy atom. The summed E-state index contributed by atoms with van der Waals surface area (Å²) in [4.78, 5) is 4.17. The van der Waals surface area contributed by atoms with Gasteiger partial charge in [-0.15, -0.1) is 6.58 Å². The summed E-state index contributed by atoms with van der Waals surface area (Å²) in [6, 6.07) is 4.05. The lowest BCUT2D eigenvalue weighted by Gasteiger charge is -2.32. The van der Waals surface area contributed by atoms with Crippen LogP contribution in [0.4, 0.5) is 0 Å². The van der Waals surface area contributed by atoms with Crippen LogP contribution in [0.5, 0.6) is 0 Å². The highest BCUT2D eigenvalue weighted by Gasteiger charge is 2.53. The Morgan fingerprint density at radius 2 is 1.95 bits per heavy atom. The molecule has 1 unspecified atom stereocenters. The van der Waals surface area contributed by atoms with Crippen LogP contribution in [0.15, 0.2) is 37.2 Å². The van der Waals surface area contributed by atoms with Crippen molar-refractivity contribution < 1.29 is 9.31 Å². The van der Waals surface area contributed by atoms with E-state index < -0.39 is 0 Å². The zero-order valence-electron chi connectivity index (χ0n) is 12.9. The van der Waals surface area contributed by atoms with Crippen LogP contribution in [0.2, 0.25) is 5.82 Å². The molecule has 108 valence electrons. The van der Waals surface area contributed by atoms with Gasteiger partial charge in [0.05, 0.1) is 11.2 Å². The molecule has 0 aromatic carbocycles. The van der Waals surface area contributed by atoms with E-state index in [2.05, 4.69) is 45.3 Å². The van der Waals surface area contributed by atoms with Crippen LogP contribution in [0, 0.1) is 0 Å². The first-order chi connectivity index (χ1) is 9.36. The van der Waals surface area contributed by atoms with E-state index in [0.29, 0.717) is 0 Å². The van der Waals surface area contributed by atoms with E-state index >= 15 is 0 Å². The molecule has 0 spiro atoms. The largest absolute Gasteiger partial charge is 0.461 e. The average Bonchev–Trinajstić information content (AvgIpc) is 2.59. The van der Waals surface area contributed by atoms with E-state index in [1.165, 1.54) is 5.56 Å². The van der Waals surface area contributed by atoms with Gasteiger partial charge >= 0.3 is 7.12 Å². The molecule has 1 fully saturated rings. The predicted molar refractivity (Wildman–Crippen MR) is 82.6 cm³/mol. The summed E-state index contributed by atoms with van der Waals surface area (Å²) in [6.45, 7) is 12.2. The van der Waals surface area contributed by atoms with Crippen molar-refractivity contribution >= 4 is 7.12 Å². The van der Waals surface area contributed by atoms with Gasteiger partial charge in [-0.3, -0.25) is 4.98 Å². The minimum atomic E-state index is -0.286. The smallest absolute Gasteiger partial charge is 0.403 e. The van der Waals surface area contributed by atoms with Gasteiger partial charge in [0, 0.05) is 18.2 Å². The van der Waals surface area contributed by atoms with Gasteiger partial charge in [-0.05, 0) is 52.2 Å². The fourth-order valence-corrected chi connectivity index (χ4v) is 2.41. The van der Waals surface area contributed by atoms with E-state index in [1.54, 1.807) is 6.20 Å². The zero-order chi connectivity index (χ0) is 14.8. The molecule has 1 saturated heterocycles. The van der Waals surface area contributed by atoms with Gasteiger partial charge < -0.3 is 9.31 Å². The monoisotopic (exact) mass is 273 g/mol. The van der Waals surface area contributed by atoms with E-state index in [9.17, 15) is 0 Å². The van der Waals surface area contributed by atoms with Crippen molar-refractivity contribution in [2.45, 2.75) is 57.6 Å². The lowest BCUT2D eigenvalue weighted by molar-refractivity contribution is 0.00578. The molecule has 0 saturated carbocycles. The number of aromatic nitrogens is 1. The summed E-state index contributed by atoms with van der Waals surface area (Å²) in [5.41, 5.74) is 0.631. The maximum Gasteiger partial charge on any atom is 0.461 e. The van der Waals surface area contributed by atoms with Crippen molar-refractivity contribution in [1.29, 1.82) is 0 Å². The van der Waals surface area contributed by atoms with Gasteiger partial charge in [-0.2, -0.15) is 0 Å². The topological polar surface area (TPSA) is 31.4 Å². The Bertz CT molecular complexity index is 443. The van der Waals surface area contributed by atoms with Crippen LogP contribution >= 0.6 is 0 Å². The maximum absolute atomic E-state index is 6.16. The molecule has 2 rings (SSSR count). The second-order valence-corrected chi connectivity index (χ2v) is 6.47. The van der Waals surface area contributed by atoms with Gasteiger partial charge in [-0.1, -0.05) is 12.1 Å². The molecule has 20 heavy (non-hydrogen) atoms. The predicted octanol–water partition coefficient (Wildman–Crippen LogP) is 3.66. The molecule has 1 aliphatic heterocycles. The standard InChI is InChI=1S/C16H24BNO2/c1-6-8-14(11-13-9-7-10-18-12-13)17-19-15(2,3)16(4,5)20-17/h6-7,9-10,12,14H,1,8,11H2,2-5H3. The highest BCUT2D eigenvalue weighted by molar-refractivity contribution is 6.47. The van der Waals surface area contributed by atoms with Crippen molar-refractivity contribution in [3.63, 3.8) is 0 Å². The van der Waals surface area contributed by atoms with Crippen molar-refractivity contribution in [3.05, 3.63) is 42.7 Å². The van der Waals surface area contributed by atoms with Crippen LogP contribution in [0.25, 0.3) is 0 Å². The van der Waals surface area contributed by atoms with Gasteiger partial charge in [0.2, 0.25) is 0 Å². The van der Waals surface area contributed by atoms with Crippen molar-refractivity contribution in [1.82, 2.24) is 4.98 Å². The molecule has 0 radical (unpaired) electrons. The first kappa shape index (κ1) is 15.3. The van der Waals surface area contributed by atoms with E-state index in [0.717, 1.165) is 12.8 Å². The van der Waals surface area contributed by atoms with Crippen LogP contribution in [0.3, 0.4) is 0 Å². The Balaban J connectivity index is 2.12. The minimum absolute atomic E-state index is 0.196. The van der Waals surface area contributed by atoms with Crippen LogP contribution in [-0.2, 0) is 15.7 Å². The lowest BCUT2D eigenvalue weighted by atomic mass is 9.67. The van der Waals surface area contributed by atoms with Crippen molar-refractivity contribution in [2.24, 2.45) is 0 Å². The second kappa shape index (κ2) is 5.70. The fraction of sp³-hybridized carbons (Fsp3) is 0.562. The quantitative estimate of drug-likeness (QED) is 0.606. The van der Waals surface area contributed by atoms with Crippen LogP contribution in [-0.4, -0.2) is 23.3 Å². The van der Waals surface area contributed by atoms with Crippen LogP contribution < -0.4 is 0 Å². The molecular formula is C16H24BNO2. The molecule has 2 heterocycles. The molecule has 1 aromatic heterocycles. The zero-order valence-corrected chi connectivity index (χ0v) is 12.9. The summed E-state index contributed by atoms with van der Waals surface area (Å²) in [5.74, 6) is 0.262. The number of rotatable bonds is 5. The molecule has 0 bridgehead atoms. The third-order valence-electron chi connectivity index (χ3n) is 4.35. The molecule has 0 amide bonds. The third-order valence-corrected chi connectivity index (χ3v) is 4.35. The SMILES string of the molecule is C=CCC(Cc1cccnc1)B1OC(C)(C)C(C)(C)O1. The van der Waals surface area contributed by atoms with Crippen molar-refractivity contribution in [2.75, 3.05) is 0 Å². The summed E-state index contributed by atoms with van der Waals surface area (Å²) in [5, 5.41) is 0. The van der Waals surface area contributed by atoms with E-state index in [1.807, 2.05) is 18.3 Å². The first-order valence-corrected chi connectivity index (χ1v) is 7.21. The lowest BCUT2D eigenvalue weighted by Crippen LogP contribution is -2.41. The third kappa shape index (κ3) is 3.13. The molecular weight excluding hydrogens is 249 g/mol. The Kier molecular flexibility index (Phi) is 4.35. The van der Waals surface area contributed by atoms with E-state index in [-0.39, 0.29) is 24.1 Å². The first-order valence-electron chi connectivity index (χ1n) is 7.21. The number of hydrogen-bond acceptors (Lipinski definition) is 3. The molecule has 1 aliphatic rings. The van der Waals surface area contributed by atoms with Gasteiger partial charge in [0.1, 0.15) is 0 Å². The summed E-state index contributed by atoms with van der Waals surface area (Å²) in [7, 11) is -0.196. The normalized spacial score (nSPS) is 21.7. The Labute approximate surface area is 122 Å². The molecule has 1 atom stereocenters. The second-order valence-electron chi connectivity index (χ2n) is 6.47. The number of pyridine rings is 1. The van der Waals surface area contributed by atoms with Crippen molar-refractivity contribution in [3.8, 4) is 0 Å². The minimum Gasteiger partial charge on any atom is -0.403 e. The van der Waals surface area contributed by atoms with Gasteiger partial charge in [0.15, 0.2) is 0 Å². The maximum atomic E-state index is 6.16. The van der Waals surface area contributed by atoms with Gasteiger partial charge in [0.25, 0.3) is 0 Å². The highest BCUT2D eigenvalue weighted by atomic mass is 16.7. The van der Waals surface area contributed by atoms with E-state index in [4.69, 9.17) is 9.31 Å². The fourth-order valence-electron chi connectivity index (χ4n) is 2.41.